The molecule has 0 saturated carbocycles. The minimum atomic E-state index is -4.02. The molecule has 2 unspecified atom stereocenters. The van der Waals surface area contributed by atoms with Gasteiger partial charge in [0, 0.05) is 142 Å². The SMILES string of the molecule is CN1CCN(CCCN)CC1.CN1CCN(CCCNc2cc(N)nc3cc(-c4ccn[nH]4)sc23)CC1.CN1CCN(CCCNc2cc(N)nc3cc(-c4ccnn4C4CCCCO4)sc23)CC1.Cc1ccc(S(=O)(=O)O)cc1.Nc1cc(Cl)c2sc(-c3ccnn3C3CCCCO3)cc2n1. The summed E-state index contributed by atoms with van der Waals surface area (Å²) < 4.78 is 48.6. The molecule has 550 valence electrons. The summed E-state index contributed by atoms with van der Waals surface area (Å²) in [5.74, 6) is 1.53. The van der Waals surface area contributed by atoms with Crippen LogP contribution in [-0.4, -0.2) is 239 Å². The van der Waals surface area contributed by atoms with Crippen LogP contribution < -0.4 is 33.6 Å². The summed E-state index contributed by atoms with van der Waals surface area (Å²) in [6.45, 7) is 23.7. The predicted molar refractivity (Wildman–Crippen MR) is 418 cm³/mol. The van der Waals surface area contributed by atoms with Crippen molar-refractivity contribution >= 4 is 115 Å². The van der Waals surface area contributed by atoms with Crippen LogP contribution in [0.4, 0.5) is 28.8 Å². The number of aryl methyl sites for hydroxylation is 1. The van der Waals surface area contributed by atoms with Crippen molar-refractivity contribution in [3.8, 4) is 31.7 Å². The zero-order valence-corrected chi connectivity index (χ0v) is 63.1. The summed E-state index contributed by atoms with van der Waals surface area (Å²) in [6, 6.07) is 23.8. The molecule has 0 amide bonds. The van der Waals surface area contributed by atoms with Gasteiger partial charge in [0.15, 0.2) is 12.5 Å². The van der Waals surface area contributed by atoms with Crippen LogP contribution in [-0.2, 0) is 19.6 Å². The van der Waals surface area contributed by atoms with E-state index >= 15 is 0 Å². The first kappa shape index (κ1) is 76.2. The van der Waals surface area contributed by atoms with E-state index in [-0.39, 0.29) is 17.4 Å². The lowest BCUT2D eigenvalue weighted by Crippen LogP contribution is -2.44. The molecule has 0 bridgehead atoms. The fraction of sp³-hybridized carbons (Fsp3) is 0.493. The minimum absolute atomic E-state index is 0.0115. The Morgan fingerprint density at radius 1 is 0.559 bits per heavy atom. The van der Waals surface area contributed by atoms with Crippen LogP contribution in [0.25, 0.3) is 62.4 Å². The lowest BCUT2D eigenvalue weighted by Gasteiger charge is -2.32. The monoisotopic (exact) mass is 1490 g/mol. The van der Waals surface area contributed by atoms with E-state index in [4.69, 9.17) is 48.6 Å². The van der Waals surface area contributed by atoms with Crippen molar-refractivity contribution in [2.75, 3.05) is 180 Å². The molecule has 14 heterocycles. The number of fused-ring (bicyclic) bond motifs is 3. The molecule has 31 heteroatoms. The van der Waals surface area contributed by atoms with E-state index in [0.29, 0.717) is 22.5 Å². The number of ether oxygens (including phenoxy) is 2. The highest BCUT2D eigenvalue weighted by Gasteiger charge is 2.25. The molecule has 12 N–H and O–H groups in total. The molecular weight excluding hydrogens is 1390 g/mol. The first-order valence-electron chi connectivity index (χ1n) is 35.4. The molecule has 5 fully saturated rings. The minimum Gasteiger partial charge on any atom is -0.384 e. The molecule has 26 nitrogen and oxygen atoms in total. The molecular formula is C71H100ClN21O5S4. The van der Waals surface area contributed by atoms with Gasteiger partial charge in [0.1, 0.15) is 17.5 Å². The van der Waals surface area contributed by atoms with Gasteiger partial charge in [0.05, 0.1) is 83.7 Å². The van der Waals surface area contributed by atoms with Crippen LogP contribution in [0.1, 0.15) is 75.8 Å². The van der Waals surface area contributed by atoms with E-state index in [2.05, 4.69) is 115 Å². The fourth-order valence-corrected chi connectivity index (χ4v) is 16.7. The average Bonchev–Trinajstić information content (AvgIpc) is 1.65. The summed E-state index contributed by atoms with van der Waals surface area (Å²) in [4.78, 5) is 31.4. The predicted octanol–water partition coefficient (Wildman–Crippen LogP) is 10.7. The number of hydrogen-bond acceptors (Lipinski definition) is 25. The molecule has 2 atom stereocenters. The maximum atomic E-state index is 10.5. The van der Waals surface area contributed by atoms with Crippen LogP contribution in [0, 0.1) is 6.92 Å². The van der Waals surface area contributed by atoms with Crippen molar-refractivity contribution < 1.29 is 22.4 Å². The number of aromatic amines is 1. The Balaban J connectivity index is 0.000000135. The van der Waals surface area contributed by atoms with Crippen LogP contribution in [0.15, 0.2) is 102 Å². The number of benzene rings is 1. The van der Waals surface area contributed by atoms with Crippen LogP contribution in [0.3, 0.4) is 0 Å². The van der Waals surface area contributed by atoms with Crippen molar-refractivity contribution in [1.82, 2.24) is 74.1 Å². The number of nitrogen functional groups attached to an aromatic ring is 3. The first-order chi connectivity index (χ1) is 49.4. The molecule has 5 aliphatic heterocycles. The van der Waals surface area contributed by atoms with E-state index in [9.17, 15) is 8.42 Å². The molecule has 0 radical (unpaired) electrons. The van der Waals surface area contributed by atoms with Crippen molar-refractivity contribution in [3.63, 3.8) is 0 Å². The number of nitrogens with zero attached hydrogens (tertiary/aromatic N) is 14. The van der Waals surface area contributed by atoms with Gasteiger partial charge >= 0.3 is 0 Å². The summed E-state index contributed by atoms with van der Waals surface area (Å²) in [5.41, 5.74) is 32.3. The Morgan fingerprint density at radius 2 is 0.990 bits per heavy atom. The zero-order chi connectivity index (χ0) is 71.5. The number of hydrogen-bond donors (Lipinski definition) is 8. The van der Waals surface area contributed by atoms with Crippen LogP contribution in [0.2, 0.25) is 5.02 Å². The van der Waals surface area contributed by atoms with Gasteiger partial charge in [0.2, 0.25) is 0 Å². The number of nitrogens with one attached hydrogen (secondary N) is 3. The van der Waals surface area contributed by atoms with E-state index in [1.165, 1.54) is 83.9 Å². The summed E-state index contributed by atoms with van der Waals surface area (Å²) in [5, 5.41) is 23.9. The second-order valence-corrected chi connectivity index (χ2v) is 31.5. The number of rotatable bonds is 19. The van der Waals surface area contributed by atoms with Gasteiger partial charge in [-0.15, -0.1) is 34.0 Å². The average molecular weight is 1490 g/mol. The number of halogens is 1. The second kappa shape index (κ2) is 37.1. The smallest absolute Gasteiger partial charge is 0.294 e. The molecule has 0 aliphatic carbocycles. The number of anilines is 5. The summed E-state index contributed by atoms with van der Waals surface area (Å²) in [6.07, 6.45) is 15.4. The number of pyridine rings is 3. The lowest BCUT2D eigenvalue weighted by molar-refractivity contribution is -0.0384. The van der Waals surface area contributed by atoms with E-state index in [0.717, 1.165) is 196 Å². The van der Waals surface area contributed by atoms with Crippen molar-refractivity contribution in [2.24, 2.45) is 5.73 Å². The molecule has 1 aromatic carbocycles. The number of likely N-dealkylation sites (N-methyl/N-ethyl adjacent to an activating group) is 3. The van der Waals surface area contributed by atoms with E-state index < -0.39 is 10.1 Å². The molecule has 9 aromatic heterocycles. The first-order valence-corrected chi connectivity index (χ1v) is 39.7. The summed E-state index contributed by atoms with van der Waals surface area (Å²) >= 11 is 11.3. The maximum absolute atomic E-state index is 10.5. The highest BCUT2D eigenvalue weighted by Crippen LogP contribution is 2.42. The third-order valence-corrected chi connectivity index (χ3v) is 23.5. The van der Waals surface area contributed by atoms with Crippen LogP contribution in [0.5, 0.6) is 0 Å². The highest BCUT2D eigenvalue weighted by atomic mass is 35.5. The number of H-pyrrole nitrogens is 1. The van der Waals surface area contributed by atoms with Crippen LogP contribution >= 0.6 is 45.6 Å². The largest absolute Gasteiger partial charge is 0.384 e. The van der Waals surface area contributed by atoms with E-state index in [1.54, 1.807) is 64.6 Å². The van der Waals surface area contributed by atoms with Gasteiger partial charge < -0.3 is 72.4 Å². The van der Waals surface area contributed by atoms with Crippen molar-refractivity contribution in [3.05, 3.63) is 108 Å². The maximum Gasteiger partial charge on any atom is 0.294 e. The number of nitrogens with two attached hydrogens (primary N) is 4. The molecule has 10 aromatic rings. The topological polar surface area (TPSA) is 323 Å². The molecule has 5 saturated heterocycles. The molecule has 15 rings (SSSR count). The van der Waals surface area contributed by atoms with Gasteiger partial charge in [0.25, 0.3) is 10.1 Å². The zero-order valence-electron chi connectivity index (χ0n) is 59.1. The van der Waals surface area contributed by atoms with Crippen molar-refractivity contribution in [2.45, 2.75) is 82.1 Å². The number of piperazine rings is 3. The Kier molecular flexibility index (Phi) is 27.7. The third kappa shape index (κ3) is 21.4. The standard InChI is InChI=1S/C23H33N7OS.C18H25N7S.C15H15ClN4OS.C8H19N3.C7H8O3S/c1-28-10-12-29(13-11-28)9-4-7-25-17-16-21(24)27-18-15-20(32-23(17)18)19-6-8-26-30(19)22-5-2-3-14-31-22;1-24-7-9-25(10-8-24)6-2-4-20-14-12-17(19)22-15-11-16(26-18(14)15)13-3-5-21-23-13;16-9-7-13(17)19-10-8-12(22-15(9)10)11-4-5-18-20(11)14-3-1-2-6-21-14;1-10-5-7-11(8-6-10)4-2-3-9;1-6-2-4-7(5-3-6)11(8,9)10/h6,8,15-16,22H,2-5,7,9-14H2,1H3,(H3,24,25,27);3,5,11-12H,2,4,6-10H2,1H3,(H,21,23)(H3,19,20,22);4-5,7-8,14H,1-3,6H2,(H2,17,19);2-9H2,1H3;2-5H,1H3,(H,8,9,10). The fourth-order valence-electron chi connectivity index (χ4n) is 12.7. The molecule has 102 heavy (non-hydrogen) atoms. The Morgan fingerprint density at radius 3 is 1.42 bits per heavy atom. The van der Waals surface area contributed by atoms with Gasteiger partial charge in [-0.1, -0.05) is 29.3 Å². The lowest BCUT2D eigenvalue weighted by atomic mass is 10.2. The normalized spacial score (nSPS) is 18.4. The van der Waals surface area contributed by atoms with Gasteiger partial charge in [-0.2, -0.15) is 23.7 Å². The highest BCUT2D eigenvalue weighted by molar-refractivity contribution is 7.85. The Bertz CT molecular complexity index is 4320. The molecule has 0 spiro atoms. The van der Waals surface area contributed by atoms with E-state index in [1.807, 2.05) is 52.8 Å². The van der Waals surface area contributed by atoms with Crippen molar-refractivity contribution in [1.29, 1.82) is 0 Å². The number of thiophene rings is 3. The quantitative estimate of drug-likeness (QED) is 0.0275. The van der Waals surface area contributed by atoms with Gasteiger partial charge in [-0.25, -0.2) is 24.3 Å². The molecule has 5 aliphatic rings. The second-order valence-electron chi connectivity index (χ2n) is 26.6. The van der Waals surface area contributed by atoms with Gasteiger partial charge in [-0.3, -0.25) is 9.65 Å². The number of aromatic nitrogens is 9. The Hall–Kier alpha value is -6.98. The Labute approximate surface area is 615 Å². The summed E-state index contributed by atoms with van der Waals surface area (Å²) in [7, 11) is 2.55. The third-order valence-electron chi connectivity index (χ3n) is 18.6. The van der Waals surface area contributed by atoms with Gasteiger partial charge in [-0.05, 0) is 161 Å².